The van der Waals surface area contributed by atoms with Gasteiger partial charge in [0.25, 0.3) is 5.56 Å². The molecule has 0 radical (unpaired) electrons. The predicted molar refractivity (Wildman–Crippen MR) is 118 cm³/mol. The molecule has 4 rings (SSSR count). The Morgan fingerprint density at radius 3 is 2.39 bits per heavy atom. The first-order valence-electron chi connectivity index (χ1n) is 9.63. The molecule has 31 heavy (non-hydrogen) atoms. The van der Waals surface area contributed by atoms with Crippen LogP contribution < -0.4 is 16.7 Å². The first kappa shape index (κ1) is 20.3. The molecule has 2 aromatic heterocycles. The van der Waals surface area contributed by atoms with Gasteiger partial charge in [0.2, 0.25) is 5.95 Å². The van der Waals surface area contributed by atoms with E-state index >= 15 is 0 Å². The van der Waals surface area contributed by atoms with Gasteiger partial charge >= 0.3 is 5.69 Å². The summed E-state index contributed by atoms with van der Waals surface area (Å²) in [6, 6.07) is 15.6. The summed E-state index contributed by atoms with van der Waals surface area (Å²) in [7, 11) is 2.98. The highest BCUT2D eigenvalue weighted by Crippen LogP contribution is 2.18. The molecule has 2 heterocycles. The summed E-state index contributed by atoms with van der Waals surface area (Å²) in [6.45, 7) is 2.09. The number of aromatic nitrogens is 4. The maximum atomic E-state index is 13.3. The summed E-state index contributed by atoms with van der Waals surface area (Å²) in [5, 5.41) is 4.41. The second kappa shape index (κ2) is 8.02. The van der Waals surface area contributed by atoms with Gasteiger partial charge in [-0.3, -0.25) is 18.5 Å². The Labute approximate surface area is 176 Å². The zero-order valence-electron chi connectivity index (χ0n) is 17.3. The molecule has 1 N–H and O–H groups in total. The minimum atomic E-state index is -0.473. The zero-order chi connectivity index (χ0) is 22.1. The molecular formula is C22H21FN6O2. The van der Waals surface area contributed by atoms with Crippen molar-refractivity contribution in [3.05, 3.63) is 92.4 Å². The van der Waals surface area contributed by atoms with Gasteiger partial charge < -0.3 is 0 Å². The molecule has 2 aromatic carbocycles. The van der Waals surface area contributed by atoms with E-state index in [1.54, 1.807) is 23.7 Å². The molecule has 0 atom stereocenters. The van der Waals surface area contributed by atoms with Crippen molar-refractivity contribution >= 4 is 22.8 Å². The number of anilines is 1. The van der Waals surface area contributed by atoms with Crippen LogP contribution in [0.3, 0.4) is 0 Å². The Balaban J connectivity index is 1.86. The van der Waals surface area contributed by atoms with E-state index in [2.05, 4.69) is 15.5 Å². The number of nitrogens with one attached hydrogen (secondary N) is 1. The second-order valence-corrected chi connectivity index (χ2v) is 7.20. The van der Waals surface area contributed by atoms with Crippen molar-refractivity contribution in [2.45, 2.75) is 13.5 Å². The van der Waals surface area contributed by atoms with E-state index in [1.807, 2.05) is 37.3 Å². The molecule has 0 saturated carbocycles. The summed E-state index contributed by atoms with van der Waals surface area (Å²) in [5.41, 5.74) is 4.90. The molecule has 9 heteroatoms. The van der Waals surface area contributed by atoms with Crippen LogP contribution >= 0.6 is 0 Å². The van der Waals surface area contributed by atoms with Crippen LogP contribution in [-0.2, 0) is 20.6 Å². The lowest BCUT2D eigenvalue weighted by molar-refractivity contribution is 0.626. The molecule has 0 amide bonds. The van der Waals surface area contributed by atoms with Crippen molar-refractivity contribution in [1.82, 2.24) is 18.7 Å². The maximum Gasteiger partial charge on any atom is 0.332 e. The van der Waals surface area contributed by atoms with Gasteiger partial charge in [0.15, 0.2) is 11.2 Å². The van der Waals surface area contributed by atoms with E-state index in [1.165, 1.54) is 23.7 Å². The number of imidazole rings is 1. The Morgan fingerprint density at radius 1 is 1.03 bits per heavy atom. The summed E-state index contributed by atoms with van der Waals surface area (Å²) in [4.78, 5) is 29.7. The Bertz CT molecular complexity index is 1400. The van der Waals surface area contributed by atoms with Gasteiger partial charge in [-0.1, -0.05) is 42.5 Å². The fraction of sp³-hybridized carbons (Fsp3) is 0.182. The third kappa shape index (κ3) is 3.77. The van der Waals surface area contributed by atoms with Crippen LogP contribution in [0.15, 0.2) is 69.3 Å². The fourth-order valence-electron chi connectivity index (χ4n) is 3.34. The summed E-state index contributed by atoms with van der Waals surface area (Å²) >= 11 is 0. The number of aryl methyl sites for hydroxylation is 1. The smallest absolute Gasteiger partial charge is 0.298 e. The molecule has 0 bridgehead atoms. The highest BCUT2D eigenvalue weighted by molar-refractivity contribution is 5.99. The molecule has 0 aliphatic heterocycles. The van der Waals surface area contributed by atoms with E-state index in [0.717, 1.165) is 21.4 Å². The van der Waals surface area contributed by atoms with Crippen molar-refractivity contribution in [2.24, 2.45) is 19.2 Å². The van der Waals surface area contributed by atoms with Gasteiger partial charge in [-0.05, 0) is 30.2 Å². The van der Waals surface area contributed by atoms with E-state index in [0.29, 0.717) is 5.95 Å². The SMILES string of the molecule is C/C(=N/Nc1nc2c(c(=O)n(C)c(=O)n2C)n1Cc1ccc(F)cc1)c1ccccc1. The average Bonchev–Trinajstić information content (AvgIpc) is 3.15. The predicted octanol–water partition coefficient (Wildman–Crippen LogP) is 2.46. The summed E-state index contributed by atoms with van der Waals surface area (Å²) in [6.07, 6.45) is 0. The fourth-order valence-corrected chi connectivity index (χ4v) is 3.34. The number of nitrogens with zero attached hydrogens (tertiary/aromatic N) is 5. The van der Waals surface area contributed by atoms with Crippen molar-refractivity contribution in [3.63, 3.8) is 0 Å². The molecule has 0 aliphatic rings. The van der Waals surface area contributed by atoms with Crippen LogP contribution in [0, 0.1) is 5.82 Å². The van der Waals surface area contributed by atoms with Gasteiger partial charge in [0.1, 0.15) is 5.82 Å². The number of hydrogen-bond acceptors (Lipinski definition) is 5. The number of rotatable bonds is 5. The number of hydrogen-bond donors (Lipinski definition) is 1. The Kier molecular flexibility index (Phi) is 5.24. The van der Waals surface area contributed by atoms with Crippen molar-refractivity contribution in [3.8, 4) is 0 Å². The van der Waals surface area contributed by atoms with Crippen LogP contribution in [0.5, 0.6) is 0 Å². The standard InChI is InChI=1S/C22H21FN6O2/c1-14(16-7-5-4-6-8-16)25-26-21-24-19-18(20(30)28(3)22(31)27(19)2)29(21)13-15-9-11-17(23)12-10-15/h4-12H,13H2,1-3H3,(H,24,26)/b25-14-. The van der Waals surface area contributed by atoms with Gasteiger partial charge in [0, 0.05) is 14.1 Å². The molecule has 158 valence electrons. The monoisotopic (exact) mass is 420 g/mol. The van der Waals surface area contributed by atoms with Crippen molar-refractivity contribution < 1.29 is 4.39 Å². The minimum absolute atomic E-state index is 0.241. The van der Waals surface area contributed by atoms with Gasteiger partial charge in [0.05, 0.1) is 12.3 Å². The van der Waals surface area contributed by atoms with Crippen LogP contribution in [0.25, 0.3) is 11.2 Å². The van der Waals surface area contributed by atoms with Gasteiger partial charge in [-0.2, -0.15) is 10.1 Å². The molecule has 4 aromatic rings. The van der Waals surface area contributed by atoms with Gasteiger partial charge in [-0.25, -0.2) is 14.6 Å². The highest BCUT2D eigenvalue weighted by Gasteiger charge is 2.19. The second-order valence-electron chi connectivity index (χ2n) is 7.20. The first-order valence-corrected chi connectivity index (χ1v) is 9.63. The van der Waals surface area contributed by atoms with Crippen molar-refractivity contribution in [2.75, 3.05) is 5.43 Å². The lowest BCUT2D eigenvalue weighted by atomic mass is 10.1. The van der Waals surface area contributed by atoms with Gasteiger partial charge in [-0.15, -0.1) is 0 Å². The molecular weight excluding hydrogens is 399 g/mol. The van der Waals surface area contributed by atoms with E-state index in [-0.39, 0.29) is 23.5 Å². The first-order chi connectivity index (χ1) is 14.9. The highest BCUT2D eigenvalue weighted by atomic mass is 19.1. The average molecular weight is 420 g/mol. The topological polar surface area (TPSA) is 86.2 Å². The molecule has 0 saturated heterocycles. The molecule has 0 aliphatic carbocycles. The van der Waals surface area contributed by atoms with Crippen LogP contribution in [-0.4, -0.2) is 24.4 Å². The van der Waals surface area contributed by atoms with E-state index in [9.17, 15) is 14.0 Å². The number of benzene rings is 2. The largest absolute Gasteiger partial charge is 0.332 e. The zero-order valence-corrected chi connectivity index (χ0v) is 17.3. The molecule has 0 unspecified atom stereocenters. The third-order valence-corrected chi connectivity index (χ3v) is 5.12. The van der Waals surface area contributed by atoms with Crippen molar-refractivity contribution in [1.29, 1.82) is 0 Å². The normalized spacial score (nSPS) is 11.8. The molecule has 0 spiro atoms. The quantitative estimate of drug-likeness (QED) is 0.397. The Morgan fingerprint density at radius 2 is 1.71 bits per heavy atom. The lowest BCUT2D eigenvalue weighted by Crippen LogP contribution is -2.37. The number of hydrazone groups is 1. The minimum Gasteiger partial charge on any atom is -0.298 e. The number of fused-ring (bicyclic) bond motifs is 1. The lowest BCUT2D eigenvalue weighted by Gasteiger charge is -2.10. The number of halogens is 1. The van der Waals surface area contributed by atoms with Crippen LogP contribution in [0.1, 0.15) is 18.1 Å². The molecule has 8 nitrogen and oxygen atoms in total. The maximum absolute atomic E-state index is 13.3. The van der Waals surface area contributed by atoms with Crippen LogP contribution in [0.2, 0.25) is 0 Å². The molecule has 0 fully saturated rings. The third-order valence-electron chi connectivity index (χ3n) is 5.12. The Hall–Kier alpha value is -4.01. The van der Waals surface area contributed by atoms with Crippen LogP contribution in [0.4, 0.5) is 10.3 Å². The van der Waals surface area contributed by atoms with E-state index < -0.39 is 11.2 Å². The van der Waals surface area contributed by atoms with E-state index in [4.69, 9.17) is 0 Å². The summed E-state index contributed by atoms with van der Waals surface area (Å²) < 4.78 is 17.3. The summed E-state index contributed by atoms with van der Waals surface area (Å²) in [5.74, 6) is -0.0492.